The predicted molar refractivity (Wildman–Crippen MR) is 190 cm³/mol. The molecule has 274 valence electrons. The number of carbonyl (C=O) groups is 3. The summed E-state index contributed by atoms with van der Waals surface area (Å²) in [5.41, 5.74) is 1.18. The van der Waals surface area contributed by atoms with Gasteiger partial charge >= 0.3 is 12.1 Å². The average molecular weight is 696 g/mol. The summed E-state index contributed by atoms with van der Waals surface area (Å²) in [5, 5.41) is 19.1. The van der Waals surface area contributed by atoms with E-state index in [4.69, 9.17) is 18.9 Å². The number of benzene rings is 2. The summed E-state index contributed by atoms with van der Waals surface area (Å²) in [6.07, 6.45) is 7.35. The Hall–Kier alpha value is -4.23. The van der Waals surface area contributed by atoms with E-state index < -0.39 is 12.1 Å². The van der Waals surface area contributed by atoms with Gasteiger partial charge in [-0.2, -0.15) is 0 Å². The molecule has 4 atom stereocenters. The van der Waals surface area contributed by atoms with Gasteiger partial charge in [-0.15, -0.1) is 0 Å². The molecule has 0 spiro atoms. The number of hydrogen-bond donors (Lipinski definition) is 4. The third-order valence-electron chi connectivity index (χ3n) is 9.67. The molecule has 5 amide bonds. The molecule has 4 N–H and O–H groups in total. The summed E-state index contributed by atoms with van der Waals surface area (Å²) >= 11 is 0. The normalized spacial score (nSPS) is 22.4. The second kappa shape index (κ2) is 17.6. The topological polar surface area (TPSA) is 151 Å². The molecule has 2 aliphatic heterocycles. The first-order valence-corrected chi connectivity index (χ1v) is 17.9. The number of aliphatic hydroxyl groups is 1. The van der Waals surface area contributed by atoms with Gasteiger partial charge in [-0.05, 0) is 76.3 Å². The molecule has 3 aliphatic rings. The molecule has 5 rings (SSSR count). The Labute approximate surface area is 294 Å². The van der Waals surface area contributed by atoms with Gasteiger partial charge in [-0.3, -0.25) is 4.79 Å². The molecule has 13 nitrogen and oxygen atoms in total. The Morgan fingerprint density at radius 1 is 0.940 bits per heavy atom. The van der Waals surface area contributed by atoms with Crippen LogP contribution in [0.25, 0.3) is 0 Å². The van der Waals surface area contributed by atoms with Crippen molar-refractivity contribution in [1.29, 1.82) is 0 Å². The standard InChI is InChI=1S/C37H53N5O8/c1-24-20-42(25(2)22-43)35(44)30-18-28(38-36(45)39-29-14-16-32-33(19-29)49-23-48-32)13-15-31(30)50-26(3)10-8-9-17-47-34(24)21-41(4)37(46)40-27-11-6-5-7-12-27/h13-16,18-19,24-27,34,43H,5-12,17,20-23H2,1-4H3,(H,40,46)(H2,38,39,45)/t24-,25-,26+,34-/m1/s1. The van der Waals surface area contributed by atoms with Crippen LogP contribution in [0, 0.1) is 5.92 Å². The van der Waals surface area contributed by atoms with Crippen molar-refractivity contribution in [3.63, 3.8) is 0 Å². The zero-order valence-electron chi connectivity index (χ0n) is 29.7. The lowest BCUT2D eigenvalue weighted by Gasteiger charge is -2.36. The molecule has 1 aliphatic carbocycles. The molecule has 2 aromatic rings. The maximum absolute atomic E-state index is 14.4. The van der Waals surface area contributed by atoms with E-state index in [1.165, 1.54) is 6.42 Å². The number of aliphatic hydroxyl groups excluding tert-OH is 1. The van der Waals surface area contributed by atoms with Gasteiger partial charge in [0.2, 0.25) is 6.79 Å². The molecule has 1 fully saturated rings. The molecular formula is C37H53N5O8. The Bertz CT molecular complexity index is 1470. The molecule has 0 aromatic heterocycles. The lowest BCUT2D eigenvalue weighted by atomic mass is 9.96. The first-order valence-electron chi connectivity index (χ1n) is 17.9. The minimum absolute atomic E-state index is 0.119. The molecule has 0 bridgehead atoms. The van der Waals surface area contributed by atoms with E-state index in [1.807, 2.05) is 13.8 Å². The minimum Gasteiger partial charge on any atom is -0.490 e. The van der Waals surface area contributed by atoms with Crippen molar-refractivity contribution in [2.75, 3.05) is 50.8 Å². The first kappa shape index (κ1) is 37.0. The summed E-state index contributed by atoms with van der Waals surface area (Å²) in [7, 11) is 1.78. The number of rotatable bonds is 7. The van der Waals surface area contributed by atoms with Crippen molar-refractivity contribution in [2.45, 2.75) is 96.4 Å². The monoisotopic (exact) mass is 695 g/mol. The number of fused-ring (bicyclic) bond motifs is 2. The van der Waals surface area contributed by atoms with Crippen molar-refractivity contribution < 1.29 is 38.4 Å². The number of nitrogens with one attached hydrogen (secondary N) is 3. The fraction of sp³-hybridized carbons (Fsp3) is 0.595. The van der Waals surface area contributed by atoms with Gasteiger partial charge in [-0.1, -0.05) is 26.2 Å². The second-order valence-electron chi connectivity index (χ2n) is 13.8. The van der Waals surface area contributed by atoms with E-state index in [-0.39, 0.29) is 61.6 Å². The molecular weight excluding hydrogens is 642 g/mol. The van der Waals surface area contributed by atoms with Crippen LogP contribution in [-0.4, -0.2) is 97.3 Å². The summed E-state index contributed by atoms with van der Waals surface area (Å²) < 4.78 is 23.5. The molecule has 0 saturated heterocycles. The second-order valence-corrected chi connectivity index (χ2v) is 13.8. The Balaban J connectivity index is 1.34. The number of urea groups is 2. The van der Waals surface area contributed by atoms with Gasteiger partial charge in [0.25, 0.3) is 5.91 Å². The van der Waals surface area contributed by atoms with E-state index in [0.29, 0.717) is 41.8 Å². The predicted octanol–water partition coefficient (Wildman–Crippen LogP) is 5.83. The minimum atomic E-state index is -0.526. The van der Waals surface area contributed by atoms with Crippen LogP contribution in [0.2, 0.25) is 0 Å². The smallest absolute Gasteiger partial charge is 0.323 e. The van der Waals surface area contributed by atoms with Gasteiger partial charge in [0.15, 0.2) is 11.5 Å². The van der Waals surface area contributed by atoms with Crippen molar-refractivity contribution in [3.8, 4) is 17.2 Å². The third kappa shape index (κ3) is 9.94. The summed E-state index contributed by atoms with van der Waals surface area (Å²) in [6.45, 7) is 6.77. The third-order valence-corrected chi connectivity index (χ3v) is 9.67. The Kier molecular flexibility index (Phi) is 13.1. The maximum Gasteiger partial charge on any atom is 0.323 e. The highest BCUT2D eigenvalue weighted by Crippen LogP contribution is 2.34. The molecule has 0 unspecified atom stereocenters. The highest BCUT2D eigenvalue weighted by atomic mass is 16.7. The van der Waals surface area contributed by atoms with E-state index >= 15 is 0 Å². The van der Waals surface area contributed by atoms with Crippen LogP contribution in [-0.2, 0) is 4.74 Å². The van der Waals surface area contributed by atoms with Crippen molar-refractivity contribution >= 4 is 29.3 Å². The lowest BCUT2D eigenvalue weighted by Crippen LogP contribution is -2.50. The highest BCUT2D eigenvalue weighted by molar-refractivity contribution is 6.02. The zero-order valence-corrected chi connectivity index (χ0v) is 29.7. The largest absolute Gasteiger partial charge is 0.490 e. The quantitative estimate of drug-likeness (QED) is 0.283. The fourth-order valence-electron chi connectivity index (χ4n) is 6.62. The molecule has 1 saturated carbocycles. The molecule has 13 heteroatoms. The zero-order chi connectivity index (χ0) is 35.6. The van der Waals surface area contributed by atoms with Crippen molar-refractivity contribution in [1.82, 2.24) is 15.1 Å². The number of anilines is 2. The van der Waals surface area contributed by atoms with Crippen LogP contribution < -0.4 is 30.2 Å². The van der Waals surface area contributed by atoms with Gasteiger partial charge < -0.3 is 49.8 Å². The molecule has 0 radical (unpaired) electrons. The van der Waals surface area contributed by atoms with E-state index in [1.54, 1.807) is 60.2 Å². The van der Waals surface area contributed by atoms with Gasteiger partial charge in [0.05, 0.1) is 30.4 Å². The number of likely N-dealkylation sites (N-methyl/N-ethyl adjacent to an activating group) is 1. The number of hydrogen-bond acceptors (Lipinski definition) is 8. The van der Waals surface area contributed by atoms with Gasteiger partial charge in [0, 0.05) is 56.1 Å². The van der Waals surface area contributed by atoms with E-state index in [2.05, 4.69) is 16.0 Å². The van der Waals surface area contributed by atoms with Crippen LogP contribution >= 0.6 is 0 Å². The summed E-state index contributed by atoms with van der Waals surface area (Å²) in [4.78, 5) is 43.9. The van der Waals surface area contributed by atoms with Crippen molar-refractivity contribution in [3.05, 3.63) is 42.0 Å². The lowest BCUT2D eigenvalue weighted by molar-refractivity contribution is -0.0123. The molecule has 50 heavy (non-hydrogen) atoms. The van der Waals surface area contributed by atoms with E-state index in [9.17, 15) is 19.5 Å². The van der Waals surface area contributed by atoms with Crippen LogP contribution in [0.15, 0.2) is 36.4 Å². The van der Waals surface area contributed by atoms with Crippen LogP contribution in [0.3, 0.4) is 0 Å². The fourth-order valence-corrected chi connectivity index (χ4v) is 6.62. The summed E-state index contributed by atoms with van der Waals surface area (Å²) in [6, 6.07) is 9.15. The first-order chi connectivity index (χ1) is 24.1. The van der Waals surface area contributed by atoms with Gasteiger partial charge in [0.1, 0.15) is 5.75 Å². The number of nitrogens with zero attached hydrogens (tertiary/aromatic N) is 2. The number of amides is 5. The van der Waals surface area contributed by atoms with Crippen LogP contribution in [0.4, 0.5) is 21.0 Å². The molecule has 2 heterocycles. The van der Waals surface area contributed by atoms with Gasteiger partial charge in [-0.25, -0.2) is 9.59 Å². The number of ether oxygens (including phenoxy) is 4. The highest BCUT2D eigenvalue weighted by Gasteiger charge is 2.31. The summed E-state index contributed by atoms with van der Waals surface area (Å²) in [5.74, 6) is 1.02. The average Bonchev–Trinajstić information content (AvgIpc) is 3.58. The number of carbonyl (C=O) groups excluding carboxylic acids is 3. The van der Waals surface area contributed by atoms with Crippen LogP contribution in [0.1, 0.15) is 82.5 Å². The maximum atomic E-state index is 14.4. The molecule has 2 aromatic carbocycles. The Morgan fingerprint density at radius 3 is 2.36 bits per heavy atom. The van der Waals surface area contributed by atoms with Crippen molar-refractivity contribution in [2.24, 2.45) is 5.92 Å². The van der Waals surface area contributed by atoms with Crippen LogP contribution in [0.5, 0.6) is 17.2 Å². The Morgan fingerprint density at radius 2 is 1.62 bits per heavy atom. The van der Waals surface area contributed by atoms with E-state index in [0.717, 1.165) is 44.9 Å². The SMILES string of the molecule is C[C@@H]1CN([C@H](C)CO)C(=O)c2cc(NC(=O)Nc3ccc4c(c3)OCO4)ccc2O[C@@H](C)CCCCO[C@@H]1CN(C)C(=O)NC1CCCCC1.